The average molecular weight is 268 g/mol. The monoisotopic (exact) mass is 268 g/mol. The third-order valence-electron chi connectivity index (χ3n) is 3.63. The molecule has 4 nitrogen and oxygen atoms in total. The molecule has 1 aliphatic heterocycles. The highest BCUT2D eigenvalue weighted by Crippen LogP contribution is 2.30. The van der Waals surface area contributed by atoms with Crippen LogP contribution in [0.1, 0.15) is 36.4 Å². The molecule has 0 aromatic carbocycles. The highest BCUT2D eigenvalue weighted by atomic mass is 32.1. The number of nitrogens with zero attached hydrogens (tertiary/aromatic N) is 2. The number of rotatable bonds is 3. The van der Waals surface area contributed by atoms with Crippen LogP contribution < -0.4 is 4.90 Å². The van der Waals surface area contributed by atoms with E-state index < -0.39 is 0 Å². The van der Waals surface area contributed by atoms with Crippen molar-refractivity contribution in [3.05, 3.63) is 11.1 Å². The Morgan fingerprint density at radius 1 is 1.50 bits per heavy atom. The van der Waals surface area contributed by atoms with Crippen LogP contribution in [0.5, 0.6) is 0 Å². The molecule has 5 heteroatoms. The Morgan fingerprint density at radius 2 is 2.17 bits per heavy atom. The van der Waals surface area contributed by atoms with Gasteiger partial charge in [0, 0.05) is 13.1 Å². The zero-order valence-electron chi connectivity index (χ0n) is 11.2. The number of hydrogen-bond acceptors (Lipinski definition) is 5. The van der Waals surface area contributed by atoms with E-state index in [4.69, 9.17) is 4.74 Å². The molecule has 2 rings (SSSR count). The fraction of sp³-hybridized carbons (Fsp3) is 0.692. The van der Waals surface area contributed by atoms with E-state index in [0.717, 1.165) is 30.1 Å². The summed E-state index contributed by atoms with van der Waals surface area (Å²) in [4.78, 5) is 18.6. The highest BCUT2D eigenvalue weighted by Gasteiger charge is 2.23. The summed E-state index contributed by atoms with van der Waals surface area (Å²) >= 11 is 1.42. The van der Waals surface area contributed by atoms with Gasteiger partial charge in [-0.2, -0.15) is 0 Å². The van der Waals surface area contributed by atoms with Crippen molar-refractivity contribution in [1.82, 2.24) is 4.98 Å². The molecule has 0 atom stereocenters. The Kier molecular flexibility index (Phi) is 4.22. The molecule has 2 heterocycles. The van der Waals surface area contributed by atoms with E-state index in [9.17, 15) is 4.79 Å². The number of ether oxygens (including phenoxy) is 1. The van der Waals surface area contributed by atoms with Crippen LogP contribution in [0.15, 0.2) is 6.20 Å². The summed E-state index contributed by atoms with van der Waals surface area (Å²) in [5.41, 5.74) is 0. The smallest absolute Gasteiger partial charge is 0.349 e. The van der Waals surface area contributed by atoms with Crippen molar-refractivity contribution in [2.45, 2.75) is 26.7 Å². The number of anilines is 1. The van der Waals surface area contributed by atoms with Crippen LogP contribution >= 0.6 is 11.3 Å². The van der Waals surface area contributed by atoms with E-state index in [1.807, 2.05) is 0 Å². The van der Waals surface area contributed by atoms with Gasteiger partial charge in [-0.15, -0.1) is 0 Å². The molecule has 0 bridgehead atoms. The van der Waals surface area contributed by atoms with Gasteiger partial charge in [-0.05, 0) is 24.7 Å². The van der Waals surface area contributed by atoms with Gasteiger partial charge in [0.1, 0.15) is 4.88 Å². The molecule has 18 heavy (non-hydrogen) atoms. The van der Waals surface area contributed by atoms with Gasteiger partial charge in [-0.3, -0.25) is 0 Å². The molecule has 0 aliphatic carbocycles. The van der Waals surface area contributed by atoms with Gasteiger partial charge < -0.3 is 9.64 Å². The molecule has 1 aromatic rings. The topological polar surface area (TPSA) is 42.4 Å². The van der Waals surface area contributed by atoms with Crippen molar-refractivity contribution in [3.63, 3.8) is 0 Å². The Balaban J connectivity index is 1.97. The minimum absolute atomic E-state index is 0.296. The minimum Gasteiger partial charge on any atom is -0.465 e. The Morgan fingerprint density at radius 3 is 2.72 bits per heavy atom. The summed E-state index contributed by atoms with van der Waals surface area (Å²) in [5, 5.41) is 0.942. The second-order valence-electron chi connectivity index (χ2n) is 5.07. The summed E-state index contributed by atoms with van der Waals surface area (Å²) in [6, 6.07) is 0. The van der Waals surface area contributed by atoms with Gasteiger partial charge in [0.2, 0.25) is 0 Å². The van der Waals surface area contributed by atoms with E-state index in [2.05, 4.69) is 23.7 Å². The number of esters is 1. The Bertz CT molecular complexity index is 409. The second-order valence-corrected chi connectivity index (χ2v) is 6.08. The standard InChI is InChI=1S/C13H20N2O2S/c1-9(2)10-4-6-15(7-5-10)13-14-8-11(18-13)12(16)17-3/h8-10H,4-7H2,1-3H3. The number of piperidine rings is 1. The highest BCUT2D eigenvalue weighted by molar-refractivity contribution is 7.17. The van der Waals surface area contributed by atoms with E-state index in [0.29, 0.717) is 4.88 Å². The van der Waals surface area contributed by atoms with Crippen LogP contribution in [-0.4, -0.2) is 31.2 Å². The van der Waals surface area contributed by atoms with Crippen LogP contribution in [0, 0.1) is 11.8 Å². The van der Waals surface area contributed by atoms with Crippen LogP contribution in [0.2, 0.25) is 0 Å². The van der Waals surface area contributed by atoms with Crippen molar-refractivity contribution in [2.24, 2.45) is 11.8 Å². The van der Waals surface area contributed by atoms with Gasteiger partial charge in [0.25, 0.3) is 0 Å². The maximum atomic E-state index is 11.4. The fourth-order valence-electron chi connectivity index (χ4n) is 2.36. The molecule has 0 amide bonds. The lowest BCUT2D eigenvalue weighted by Gasteiger charge is -2.33. The third kappa shape index (κ3) is 2.83. The molecule has 1 aliphatic rings. The quantitative estimate of drug-likeness (QED) is 0.791. The van der Waals surface area contributed by atoms with Crippen molar-refractivity contribution in [3.8, 4) is 0 Å². The predicted octanol–water partition coefficient (Wildman–Crippen LogP) is 2.80. The molecule has 0 spiro atoms. The summed E-state index contributed by atoms with van der Waals surface area (Å²) in [7, 11) is 1.40. The lowest BCUT2D eigenvalue weighted by Crippen LogP contribution is -2.35. The first kappa shape index (κ1) is 13.3. The van der Waals surface area contributed by atoms with E-state index in [-0.39, 0.29) is 5.97 Å². The first-order valence-electron chi connectivity index (χ1n) is 6.41. The van der Waals surface area contributed by atoms with Gasteiger partial charge in [-0.25, -0.2) is 9.78 Å². The van der Waals surface area contributed by atoms with Gasteiger partial charge in [0.15, 0.2) is 5.13 Å². The molecule has 100 valence electrons. The van der Waals surface area contributed by atoms with Crippen molar-refractivity contribution >= 4 is 22.4 Å². The number of carbonyl (C=O) groups is 1. The molecule has 1 aromatic heterocycles. The van der Waals surface area contributed by atoms with Crippen molar-refractivity contribution in [1.29, 1.82) is 0 Å². The van der Waals surface area contributed by atoms with Gasteiger partial charge in [-0.1, -0.05) is 25.2 Å². The summed E-state index contributed by atoms with van der Waals surface area (Å²) in [6.45, 7) is 6.66. The Hall–Kier alpha value is -1.10. The number of carbonyl (C=O) groups excluding carboxylic acids is 1. The number of methoxy groups -OCH3 is 1. The summed E-state index contributed by atoms with van der Waals surface area (Å²) < 4.78 is 4.70. The first-order valence-corrected chi connectivity index (χ1v) is 7.22. The zero-order chi connectivity index (χ0) is 13.1. The molecule has 1 saturated heterocycles. The zero-order valence-corrected chi connectivity index (χ0v) is 12.0. The molecule has 0 saturated carbocycles. The normalized spacial score (nSPS) is 17.2. The van der Waals surface area contributed by atoms with E-state index in [1.165, 1.54) is 31.3 Å². The van der Waals surface area contributed by atoms with Crippen LogP contribution in [0.25, 0.3) is 0 Å². The summed E-state index contributed by atoms with van der Waals surface area (Å²) in [5.74, 6) is 1.28. The van der Waals surface area contributed by atoms with E-state index >= 15 is 0 Å². The second kappa shape index (κ2) is 5.69. The molecule has 0 N–H and O–H groups in total. The van der Waals surface area contributed by atoms with Crippen LogP contribution in [-0.2, 0) is 4.74 Å². The van der Waals surface area contributed by atoms with Crippen molar-refractivity contribution in [2.75, 3.05) is 25.1 Å². The molecule has 0 unspecified atom stereocenters. The molecule has 0 radical (unpaired) electrons. The number of aromatic nitrogens is 1. The third-order valence-corrected chi connectivity index (χ3v) is 4.67. The van der Waals surface area contributed by atoms with Crippen molar-refractivity contribution < 1.29 is 9.53 Å². The van der Waals surface area contributed by atoms with Crippen LogP contribution in [0.4, 0.5) is 5.13 Å². The lowest BCUT2D eigenvalue weighted by molar-refractivity contribution is 0.0606. The molecule has 1 fully saturated rings. The average Bonchev–Trinajstić information content (AvgIpc) is 2.87. The largest absolute Gasteiger partial charge is 0.465 e. The maximum absolute atomic E-state index is 11.4. The van der Waals surface area contributed by atoms with E-state index in [1.54, 1.807) is 6.20 Å². The van der Waals surface area contributed by atoms with Gasteiger partial charge in [0.05, 0.1) is 13.3 Å². The Labute approximate surface area is 112 Å². The SMILES string of the molecule is COC(=O)c1cnc(N2CCC(C(C)C)CC2)s1. The maximum Gasteiger partial charge on any atom is 0.349 e. The summed E-state index contributed by atoms with van der Waals surface area (Å²) in [6.07, 6.45) is 4.04. The molecular weight excluding hydrogens is 248 g/mol. The van der Waals surface area contributed by atoms with Crippen LogP contribution in [0.3, 0.4) is 0 Å². The predicted molar refractivity (Wildman–Crippen MR) is 73.2 cm³/mol. The molecular formula is C13H20N2O2S. The first-order chi connectivity index (χ1) is 8.61. The number of thiazole rings is 1. The van der Waals surface area contributed by atoms with Gasteiger partial charge >= 0.3 is 5.97 Å². The fourth-order valence-corrected chi connectivity index (χ4v) is 3.25. The minimum atomic E-state index is -0.296. The lowest BCUT2D eigenvalue weighted by atomic mass is 9.87. The number of hydrogen-bond donors (Lipinski definition) is 0.